The van der Waals surface area contributed by atoms with Crippen LogP contribution in [0, 0.1) is 11.8 Å². The van der Waals surface area contributed by atoms with Crippen molar-refractivity contribution < 1.29 is 14.6 Å². The zero-order valence-electron chi connectivity index (χ0n) is 14.8. The molecular formula is C17H24N6O3. The number of nitrogens with zero attached hydrogens (tertiary/aromatic N) is 5. The van der Waals surface area contributed by atoms with E-state index in [-0.39, 0.29) is 24.5 Å². The molecule has 2 saturated heterocycles. The molecule has 2 aliphatic heterocycles. The molecule has 9 nitrogen and oxygen atoms in total. The second-order valence-corrected chi connectivity index (χ2v) is 6.99. The Kier molecular flexibility index (Phi) is 4.73. The normalized spacial score (nSPS) is 24.4. The first-order valence-corrected chi connectivity index (χ1v) is 9.03. The number of methoxy groups -OCH3 is 1. The van der Waals surface area contributed by atoms with Crippen molar-refractivity contribution in [2.75, 3.05) is 44.9 Å². The highest BCUT2D eigenvalue weighted by atomic mass is 16.5. The van der Waals surface area contributed by atoms with E-state index >= 15 is 0 Å². The van der Waals surface area contributed by atoms with Crippen molar-refractivity contribution in [2.45, 2.75) is 18.9 Å². The van der Waals surface area contributed by atoms with E-state index in [1.807, 2.05) is 4.57 Å². The number of piperidine rings is 2. The molecule has 0 aliphatic carbocycles. The maximum absolute atomic E-state index is 12.2. The average molecular weight is 360 g/mol. The van der Waals surface area contributed by atoms with Gasteiger partial charge in [-0.25, -0.2) is 15.0 Å². The third-order valence-corrected chi connectivity index (χ3v) is 5.51. The number of aliphatic hydroxyl groups excluding tert-OH is 1. The average Bonchev–Trinajstić information content (AvgIpc) is 3.10. The first kappa shape index (κ1) is 17.2. The van der Waals surface area contributed by atoms with Crippen molar-refractivity contribution in [3.8, 4) is 0 Å². The van der Waals surface area contributed by atoms with Crippen molar-refractivity contribution in [2.24, 2.45) is 11.8 Å². The van der Waals surface area contributed by atoms with Crippen LogP contribution in [0.5, 0.6) is 0 Å². The van der Waals surface area contributed by atoms with Crippen LogP contribution in [0.3, 0.4) is 0 Å². The molecule has 0 bridgehead atoms. The van der Waals surface area contributed by atoms with Gasteiger partial charge < -0.3 is 24.6 Å². The maximum atomic E-state index is 12.2. The molecule has 0 aromatic carbocycles. The number of amides is 1. The number of hydrogen-bond acceptors (Lipinski definition) is 7. The first-order chi connectivity index (χ1) is 12.7. The van der Waals surface area contributed by atoms with Gasteiger partial charge in [0.15, 0.2) is 17.0 Å². The van der Waals surface area contributed by atoms with E-state index in [1.54, 1.807) is 13.4 Å². The molecule has 0 unspecified atom stereocenters. The summed E-state index contributed by atoms with van der Waals surface area (Å²) in [6, 6.07) is -0.248. The van der Waals surface area contributed by atoms with Crippen molar-refractivity contribution in [3.05, 3.63) is 12.7 Å². The highest BCUT2D eigenvalue weighted by molar-refractivity contribution is 5.85. The van der Waals surface area contributed by atoms with Gasteiger partial charge >= 0.3 is 0 Å². The van der Waals surface area contributed by atoms with E-state index in [0.717, 1.165) is 31.7 Å². The van der Waals surface area contributed by atoms with Crippen LogP contribution in [-0.4, -0.2) is 70.5 Å². The van der Waals surface area contributed by atoms with Gasteiger partial charge in [-0.1, -0.05) is 0 Å². The molecule has 0 saturated carbocycles. The van der Waals surface area contributed by atoms with E-state index in [0.29, 0.717) is 30.2 Å². The summed E-state index contributed by atoms with van der Waals surface area (Å²) in [7, 11) is 1.60. The molecule has 2 N–H and O–H groups in total. The third kappa shape index (κ3) is 2.90. The summed E-state index contributed by atoms with van der Waals surface area (Å²) in [5.41, 5.74) is 1.36. The largest absolute Gasteiger partial charge is 0.394 e. The summed E-state index contributed by atoms with van der Waals surface area (Å²) >= 11 is 0. The highest BCUT2D eigenvalue weighted by Crippen LogP contribution is 2.33. The Morgan fingerprint density at radius 1 is 1.38 bits per heavy atom. The summed E-state index contributed by atoms with van der Waals surface area (Å²) in [6.07, 6.45) is 5.22. The van der Waals surface area contributed by atoms with Crippen molar-refractivity contribution in [1.82, 2.24) is 24.8 Å². The van der Waals surface area contributed by atoms with Crippen LogP contribution >= 0.6 is 0 Å². The summed E-state index contributed by atoms with van der Waals surface area (Å²) in [5, 5.41) is 12.6. The predicted octanol–water partition coefficient (Wildman–Crippen LogP) is -0.0315. The number of anilines is 1. The molecule has 4 rings (SSSR count). The molecule has 2 aliphatic rings. The lowest BCUT2D eigenvalue weighted by atomic mass is 9.80. The molecule has 3 atom stereocenters. The van der Waals surface area contributed by atoms with E-state index in [2.05, 4.69) is 25.2 Å². The molecule has 2 aromatic rings. The van der Waals surface area contributed by atoms with Crippen LogP contribution in [0.2, 0.25) is 0 Å². The van der Waals surface area contributed by atoms with Crippen LogP contribution in [0.15, 0.2) is 12.7 Å². The Labute approximate surface area is 151 Å². The fourth-order valence-corrected chi connectivity index (χ4v) is 4.10. The number of ether oxygens (including phenoxy) is 1. The van der Waals surface area contributed by atoms with Gasteiger partial charge in [-0.3, -0.25) is 4.79 Å². The summed E-state index contributed by atoms with van der Waals surface area (Å²) in [5.74, 6) is 1.35. The summed E-state index contributed by atoms with van der Waals surface area (Å²) in [4.78, 5) is 27.7. The second-order valence-electron chi connectivity index (χ2n) is 6.99. The van der Waals surface area contributed by atoms with Crippen LogP contribution in [0.4, 0.5) is 5.82 Å². The van der Waals surface area contributed by atoms with Crippen LogP contribution < -0.4 is 10.2 Å². The third-order valence-electron chi connectivity index (χ3n) is 5.51. The Morgan fingerprint density at radius 3 is 3.08 bits per heavy atom. The molecule has 2 fully saturated rings. The number of rotatable bonds is 5. The molecule has 26 heavy (non-hydrogen) atoms. The van der Waals surface area contributed by atoms with Gasteiger partial charge in [0.05, 0.1) is 31.5 Å². The van der Waals surface area contributed by atoms with Gasteiger partial charge in [0.25, 0.3) is 0 Å². The number of hydrogen-bond donors (Lipinski definition) is 2. The van der Waals surface area contributed by atoms with E-state index in [4.69, 9.17) is 4.74 Å². The molecule has 140 valence electrons. The number of fused-ring (bicyclic) bond motifs is 2. The quantitative estimate of drug-likeness (QED) is 0.771. The smallest absolute Gasteiger partial charge is 0.225 e. The SMILES string of the molecule is COC[C@H](CO)n1cnc2c(N3CC[C@@H]4CCNC(=O)[C@@H]4C3)ncnc21. The minimum atomic E-state index is -0.248. The number of aliphatic hydroxyl groups is 1. The lowest BCUT2D eigenvalue weighted by molar-refractivity contribution is -0.129. The zero-order chi connectivity index (χ0) is 18.1. The van der Waals surface area contributed by atoms with Crippen molar-refractivity contribution in [3.63, 3.8) is 0 Å². The number of nitrogens with one attached hydrogen (secondary N) is 1. The standard InChI is InChI=1S/C17H24N6O3/c1-26-8-12(7-24)23-10-21-14-15(19-9-20-16(14)23)22-5-3-11-2-4-18-17(25)13(11)6-22/h9-13,24H,2-8H2,1H3,(H,18,25)/t11-,12-,13+/m0/s1. The number of carbonyl (C=O) groups excluding carboxylic acids is 1. The van der Waals surface area contributed by atoms with E-state index < -0.39 is 0 Å². The van der Waals surface area contributed by atoms with E-state index in [1.165, 1.54) is 6.33 Å². The highest BCUT2D eigenvalue weighted by Gasteiger charge is 2.37. The Balaban J connectivity index is 1.65. The van der Waals surface area contributed by atoms with Gasteiger partial charge in [0, 0.05) is 26.7 Å². The summed E-state index contributed by atoms with van der Waals surface area (Å²) < 4.78 is 7.00. The monoisotopic (exact) mass is 360 g/mol. The van der Waals surface area contributed by atoms with Crippen LogP contribution in [0.25, 0.3) is 11.2 Å². The molecule has 1 amide bonds. The zero-order valence-corrected chi connectivity index (χ0v) is 14.8. The predicted molar refractivity (Wildman–Crippen MR) is 94.8 cm³/mol. The lowest BCUT2D eigenvalue weighted by Crippen LogP contribution is -2.52. The van der Waals surface area contributed by atoms with Crippen molar-refractivity contribution in [1.29, 1.82) is 0 Å². The van der Waals surface area contributed by atoms with Gasteiger partial charge in [0.2, 0.25) is 5.91 Å². The van der Waals surface area contributed by atoms with Crippen LogP contribution in [0.1, 0.15) is 18.9 Å². The van der Waals surface area contributed by atoms with Crippen molar-refractivity contribution >= 4 is 22.9 Å². The first-order valence-electron chi connectivity index (χ1n) is 9.03. The van der Waals surface area contributed by atoms with E-state index in [9.17, 15) is 9.90 Å². The molecular weight excluding hydrogens is 336 g/mol. The molecule has 9 heteroatoms. The Morgan fingerprint density at radius 2 is 2.27 bits per heavy atom. The Bertz CT molecular complexity index is 794. The number of carbonyl (C=O) groups is 1. The van der Waals surface area contributed by atoms with Crippen LogP contribution in [-0.2, 0) is 9.53 Å². The molecule has 0 spiro atoms. The number of imidazole rings is 1. The van der Waals surface area contributed by atoms with Gasteiger partial charge in [-0.05, 0) is 18.8 Å². The minimum absolute atomic E-state index is 0.00304. The lowest BCUT2D eigenvalue weighted by Gasteiger charge is -2.40. The summed E-state index contributed by atoms with van der Waals surface area (Å²) in [6.45, 7) is 2.59. The molecule has 4 heterocycles. The number of aromatic nitrogens is 4. The minimum Gasteiger partial charge on any atom is -0.394 e. The second kappa shape index (κ2) is 7.16. The van der Waals surface area contributed by atoms with Gasteiger partial charge in [-0.2, -0.15) is 0 Å². The topological polar surface area (TPSA) is 105 Å². The molecule has 0 radical (unpaired) electrons. The fourth-order valence-electron chi connectivity index (χ4n) is 4.10. The molecule has 2 aromatic heterocycles. The van der Waals surface area contributed by atoms with Gasteiger partial charge in [-0.15, -0.1) is 0 Å². The fraction of sp³-hybridized carbons (Fsp3) is 0.647. The Hall–Kier alpha value is -2.26. The maximum Gasteiger partial charge on any atom is 0.225 e. The van der Waals surface area contributed by atoms with Gasteiger partial charge in [0.1, 0.15) is 6.33 Å².